The van der Waals surface area contributed by atoms with Crippen LogP contribution in [0.25, 0.3) is 0 Å². The van der Waals surface area contributed by atoms with Gasteiger partial charge in [0.1, 0.15) is 5.75 Å². The van der Waals surface area contributed by atoms with Crippen molar-refractivity contribution < 1.29 is 14.6 Å². The molecule has 0 aliphatic heterocycles. The number of rotatable bonds is 5. The number of primary amides is 1. The summed E-state index contributed by atoms with van der Waals surface area (Å²) in [4.78, 5) is 10.7. The molecule has 0 unspecified atom stereocenters. The first-order valence-electron chi connectivity index (χ1n) is 6.94. The molecular formula is C17H19BrN2O3. The number of hydrogen-bond acceptors (Lipinski definition) is 4. The van der Waals surface area contributed by atoms with Gasteiger partial charge in [0.25, 0.3) is 0 Å². The molecule has 23 heavy (non-hydrogen) atoms. The molecule has 0 fully saturated rings. The fraction of sp³-hybridized carbons (Fsp3) is 0.176. The van der Waals surface area contributed by atoms with Crippen LogP contribution < -0.4 is 5.73 Å². The highest BCUT2D eigenvalue weighted by molar-refractivity contribution is 9.10. The Morgan fingerprint density at radius 3 is 2.43 bits per heavy atom. The van der Waals surface area contributed by atoms with E-state index in [0.717, 1.165) is 11.8 Å². The number of aromatic hydroxyl groups is 1. The van der Waals surface area contributed by atoms with E-state index in [4.69, 9.17) is 15.9 Å². The maximum Gasteiger partial charge on any atom is 0.248 e. The minimum atomic E-state index is -0.400. The number of nitrogens with two attached hydrogens (primary N) is 1. The van der Waals surface area contributed by atoms with E-state index in [1.54, 1.807) is 30.3 Å². The molecule has 122 valence electrons. The predicted octanol–water partition coefficient (Wildman–Crippen LogP) is 3.47. The molecule has 0 aliphatic carbocycles. The minimum absolute atomic E-state index is 0.123. The minimum Gasteiger partial charge on any atom is -0.506 e. The lowest BCUT2D eigenvalue weighted by Gasteiger charge is -2.01. The summed E-state index contributed by atoms with van der Waals surface area (Å²) in [6.45, 7) is 3.21. The maximum absolute atomic E-state index is 10.7. The fourth-order valence-corrected chi connectivity index (χ4v) is 2.02. The summed E-state index contributed by atoms with van der Waals surface area (Å²) in [5, 5.41) is 16.1. The molecule has 0 atom stereocenters. The van der Waals surface area contributed by atoms with E-state index in [0.29, 0.717) is 28.8 Å². The van der Waals surface area contributed by atoms with Crippen molar-refractivity contribution in [3.63, 3.8) is 0 Å². The third kappa shape index (κ3) is 6.22. The van der Waals surface area contributed by atoms with Gasteiger partial charge in [0.15, 0.2) is 0 Å². The standard InChI is InChI=1S/C10H13NO2.C7H6BrNO/c1-2-13-7-8-3-5-9(6-4-8)10(11)12;8-6-3-1-2-5(4-9)7(6)10/h3-6H,2,7H2,1H3,(H2,11,12);1-4,9-10H. The molecule has 0 saturated heterocycles. The van der Waals surface area contributed by atoms with Crippen LogP contribution in [0.3, 0.4) is 0 Å². The summed E-state index contributed by atoms with van der Waals surface area (Å²) in [6.07, 6.45) is 1.11. The first-order chi connectivity index (χ1) is 11.0. The number of amides is 1. The van der Waals surface area contributed by atoms with Crippen LogP contribution in [-0.2, 0) is 11.3 Å². The zero-order valence-electron chi connectivity index (χ0n) is 12.8. The van der Waals surface area contributed by atoms with Crippen molar-refractivity contribution in [2.45, 2.75) is 13.5 Å². The lowest BCUT2D eigenvalue weighted by Crippen LogP contribution is -2.10. The van der Waals surface area contributed by atoms with Crippen LogP contribution in [0.1, 0.15) is 28.4 Å². The van der Waals surface area contributed by atoms with Crippen molar-refractivity contribution >= 4 is 28.1 Å². The smallest absolute Gasteiger partial charge is 0.248 e. The predicted molar refractivity (Wildman–Crippen MR) is 94.0 cm³/mol. The number of hydrogen-bond donors (Lipinski definition) is 3. The van der Waals surface area contributed by atoms with Crippen LogP contribution in [0.4, 0.5) is 0 Å². The lowest BCUT2D eigenvalue weighted by atomic mass is 10.1. The lowest BCUT2D eigenvalue weighted by molar-refractivity contribution is 0.1000. The summed E-state index contributed by atoms with van der Waals surface area (Å²) >= 11 is 3.13. The number of phenols is 1. The van der Waals surface area contributed by atoms with Gasteiger partial charge in [-0.25, -0.2) is 0 Å². The molecule has 2 aromatic carbocycles. The molecule has 1 amide bonds. The molecule has 0 heterocycles. The Balaban J connectivity index is 0.000000238. The first kappa shape index (κ1) is 18.9. The third-order valence-electron chi connectivity index (χ3n) is 2.88. The molecule has 0 radical (unpaired) electrons. The van der Waals surface area contributed by atoms with Gasteiger partial charge in [0.05, 0.1) is 11.1 Å². The average molecular weight is 379 g/mol. The summed E-state index contributed by atoms with van der Waals surface area (Å²) in [6, 6.07) is 12.3. The van der Waals surface area contributed by atoms with Gasteiger partial charge in [-0.15, -0.1) is 0 Å². The normalized spacial score (nSPS) is 9.65. The topological polar surface area (TPSA) is 96.4 Å². The van der Waals surface area contributed by atoms with Gasteiger partial charge >= 0.3 is 0 Å². The Morgan fingerprint density at radius 1 is 1.30 bits per heavy atom. The number of carbonyl (C=O) groups is 1. The van der Waals surface area contributed by atoms with E-state index in [1.165, 1.54) is 0 Å². The Kier molecular flexibility index (Phi) is 8.01. The molecule has 0 spiro atoms. The van der Waals surface area contributed by atoms with Gasteiger partial charge in [0.2, 0.25) is 5.91 Å². The van der Waals surface area contributed by atoms with E-state index in [1.807, 2.05) is 19.1 Å². The van der Waals surface area contributed by atoms with Crippen molar-refractivity contribution in [1.29, 1.82) is 5.41 Å². The van der Waals surface area contributed by atoms with E-state index in [9.17, 15) is 9.90 Å². The molecule has 4 N–H and O–H groups in total. The molecule has 0 aliphatic rings. The van der Waals surface area contributed by atoms with E-state index >= 15 is 0 Å². The number of carbonyl (C=O) groups excluding carboxylic acids is 1. The van der Waals surface area contributed by atoms with Crippen molar-refractivity contribution in [3.8, 4) is 5.75 Å². The largest absolute Gasteiger partial charge is 0.506 e. The highest BCUT2D eigenvalue weighted by Crippen LogP contribution is 2.25. The van der Waals surface area contributed by atoms with Crippen molar-refractivity contribution in [2.24, 2.45) is 5.73 Å². The van der Waals surface area contributed by atoms with Gasteiger partial charge in [-0.05, 0) is 52.7 Å². The Hall–Kier alpha value is -2.18. The van der Waals surface area contributed by atoms with Crippen molar-refractivity contribution in [3.05, 3.63) is 63.6 Å². The van der Waals surface area contributed by atoms with Gasteiger partial charge < -0.3 is 21.0 Å². The van der Waals surface area contributed by atoms with Crippen LogP contribution >= 0.6 is 15.9 Å². The Labute approximate surface area is 143 Å². The molecule has 0 saturated carbocycles. The molecule has 5 nitrogen and oxygen atoms in total. The molecule has 0 bridgehead atoms. The van der Waals surface area contributed by atoms with Crippen molar-refractivity contribution in [2.75, 3.05) is 6.61 Å². The molecule has 2 aromatic rings. The molecule has 6 heteroatoms. The van der Waals surface area contributed by atoms with Gasteiger partial charge in [-0.3, -0.25) is 4.79 Å². The second-order valence-electron chi connectivity index (χ2n) is 4.52. The fourth-order valence-electron chi connectivity index (χ4n) is 1.63. The first-order valence-corrected chi connectivity index (χ1v) is 7.73. The number of nitrogens with one attached hydrogen (secondary N) is 1. The summed E-state index contributed by atoms with van der Waals surface area (Å²) in [5.74, 6) is -0.277. The van der Waals surface area contributed by atoms with E-state index in [2.05, 4.69) is 15.9 Å². The summed E-state index contributed by atoms with van der Waals surface area (Å²) in [5.41, 5.74) is 7.19. The van der Waals surface area contributed by atoms with E-state index < -0.39 is 5.91 Å². The van der Waals surface area contributed by atoms with Crippen LogP contribution in [-0.4, -0.2) is 23.8 Å². The van der Waals surface area contributed by atoms with Crippen LogP contribution in [0.15, 0.2) is 46.9 Å². The third-order valence-corrected chi connectivity index (χ3v) is 3.52. The second-order valence-corrected chi connectivity index (χ2v) is 5.37. The van der Waals surface area contributed by atoms with Crippen LogP contribution in [0.5, 0.6) is 5.75 Å². The van der Waals surface area contributed by atoms with Crippen LogP contribution in [0.2, 0.25) is 0 Å². The van der Waals surface area contributed by atoms with Crippen LogP contribution in [0, 0.1) is 5.41 Å². The quantitative estimate of drug-likeness (QED) is 0.694. The molecular weight excluding hydrogens is 360 g/mol. The summed E-state index contributed by atoms with van der Waals surface area (Å²) in [7, 11) is 0. The van der Waals surface area contributed by atoms with E-state index in [-0.39, 0.29) is 5.75 Å². The zero-order chi connectivity index (χ0) is 17.2. The summed E-state index contributed by atoms with van der Waals surface area (Å²) < 4.78 is 5.82. The molecule has 0 aromatic heterocycles. The number of halogens is 1. The van der Waals surface area contributed by atoms with Crippen molar-refractivity contribution in [1.82, 2.24) is 0 Å². The number of benzene rings is 2. The van der Waals surface area contributed by atoms with Gasteiger partial charge in [-0.2, -0.15) is 0 Å². The van der Waals surface area contributed by atoms with Gasteiger partial charge in [-0.1, -0.05) is 18.2 Å². The Bertz CT molecular complexity index is 657. The zero-order valence-corrected chi connectivity index (χ0v) is 14.3. The number of para-hydroxylation sites is 1. The SMILES string of the molecule is CCOCc1ccc(C(N)=O)cc1.N=Cc1cccc(Br)c1O. The number of phenolic OH excluding ortho intramolecular Hbond substituents is 1. The van der Waals surface area contributed by atoms with Gasteiger partial charge in [0, 0.05) is 23.9 Å². The highest BCUT2D eigenvalue weighted by atomic mass is 79.9. The Morgan fingerprint density at radius 2 is 1.96 bits per heavy atom. The highest BCUT2D eigenvalue weighted by Gasteiger charge is 2.00. The average Bonchev–Trinajstić information content (AvgIpc) is 2.56. The maximum atomic E-state index is 10.7. The monoisotopic (exact) mass is 378 g/mol. The second kappa shape index (κ2) is 9.76. The number of ether oxygens (including phenoxy) is 1. The molecule has 2 rings (SSSR count).